The highest BCUT2D eigenvalue weighted by Gasteiger charge is 2.70. The smallest absolute Gasteiger partial charge is 0.333 e. The van der Waals surface area contributed by atoms with Gasteiger partial charge in [-0.15, -0.1) is 0 Å². The maximum absolute atomic E-state index is 12.7. The van der Waals surface area contributed by atoms with E-state index in [9.17, 15) is 19.8 Å². The minimum atomic E-state index is -1.70. The summed E-state index contributed by atoms with van der Waals surface area (Å²) in [6, 6.07) is 0. The molecule has 116 valence electrons. The highest BCUT2D eigenvalue weighted by molar-refractivity contribution is 6.02. The van der Waals surface area contributed by atoms with Crippen LogP contribution in [0.3, 0.4) is 0 Å². The number of hydrogen-bond acceptors (Lipinski definition) is 5. The van der Waals surface area contributed by atoms with Gasteiger partial charge >= 0.3 is 5.97 Å². The lowest BCUT2D eigenvalue weighted by Gasteiger charge is -2.55. The standard InChI is InChI=1S/C15H20O6/c1-7-4-5-14(3)12(17)9-8(2)6-20-15(14,11(7)16)21-10(9)13(18)19/h4,8-10,12,17H,5-6H2,1-3H3,(H,18,19)/t8-,9+,10-,12-,14-,15+/m0/s1. The second-order valence-corrected chi connectivity index (χ2v) is 6.64. The van der Waals surface area contributed by atoms with Crippen molar-refractivity contribution in [3.63, 3.8) is 0 Å². The van der Waals surface area contributed by atoms with Crippen LogP contribution in [0, 0.1) is 17.3 Å². The van der Waals surface area contributed by atoms with E-state index in [0.29, 0.717) is 12.0 Å². The van der Waals surface area contributed by atoms with Gasteiger partial charge in [0.2, 0.25) is 11.6 Å². The Bertz CT molecular complexity index is 540. The molecule has 0 aromatic heterocycles. The lowest BCUT2D eigenvalue weighted by Crippen LogP contribution is -2.69. The quantitative estimate of drug-likeness (QED) is 0.741. The van der Waals surface area contributed by atoms with Crippen LogP contribution in [0.2, 0.25) is 0 Å². The van der Waals surface area contributed by atoms with Crippen molar-refractivity contribution in [1.82, 2.24) is 0 Å². The number of ether oxygens (including phenoxy) is 2. The zero-order valence-corrected chi connectivity index (χ0v) is 12.3. The van der Waals surface area contributed by atoms with Crippen molar-refractivity contribution in [2.45, 2.75) is 45.2 Å². The summed E-state index contributed by atoms with van der Waals surface area (Å²) in [5.74, 6) is -4.05. The molecular formula is C15H20O6. The van der Waals surface area contributed by atoms with E-state index in [0.717, 1.165) is 0 Å². The molecule has 0 unspecified atom stereocenters. The molecule has 1 spiro atoms. The Morgan fingerprint density at radius 2 is 2.14 bits per heavy atom. The van der Waals surface area contributed by atoms with Gasteiger partial charge in [0.1, 0.15) is 0 Å². The number of carboxylic acids is 1. The van der Waals surface area contributed by atoms with E-state index in [1.165, 1.54) is 0 Å². The highest BCUT2D eigenvalue weighted by Crippen LogP contribution is 2.57. The zero-order chi connectivity index (χ0) is 15.6. The van der Waals surface area contributed by atoms with Crippen molar-refractivity contribution >= 4 is 11.8 Å². The van der Waals surface area contributed by atoms with Gasteiger partial charge < -0.3 is 19.7 Å². The largest absolute Gasteiger partial charge is 0.479 e. The van der Waals surface area contributed by atoms with E-state index >= 15 is 0 Å². The monoisotopic (exact) mass is 296 g/mol. The second-order valence-electron chi connectivity index (χ2n) is 6.64. The van der Waals surface area contributed by atoms with Gasteiger partial charge in [-0.2, -0.15) is 0 Å². The Labute approximate surface area is 122 Å². The van der Waals surface area contributed by atoms with Crippen LogP contribution in [0.25, 0.3) is 0 Å². The lowest BCUT2D eigenvalue weighted by molar-refractivity contribution is -0.328. The van der Waals surface area contributed by atoms with Crippen molar-refractivity contribution in [3.05, 3.63) is 11.6 Å². The molecule has 3 fully saturated rings. The van der Waals surface area contributed by atoms with Crippen LogP contribution in [0.1, 0.15) is 27.2 Å². The van der Waals surface area contributed by atoms with Crippen LogP contribution in [-0.4, -0.2) is 46.6 Å². The molecule has 0 aromatic carbocycles. The molecule has 3 heterocycles. The first-order valence-electron chi connectivity index (χ1n) is 7.19. The number of carbonyl (C=O) groups excluding carboxylic acids is 1. The molecule has 3 saturated heterocycles. The van der Waals surface area contributed by atoms with Crippen molar-refractivity contribution in [2.75, 3.05) is 6.61 Å². The fourth-order valence-corrected chi connectivity index (χ4v) is 3.91. The number of carboxylic acid groups (broad SMARTS) is 1. The van der Waals surface area contributed by atoms with E-state index in [1.54, 1.807) is 19.9 Å². The number of aliphatic hydroxyl groups excluding tert-OH is 1. The summed E-state index contributed by atoms with van der Waals surface area (Å²) in [6.45, 7) is 5.41. The number of fused-ring (bicyclic) bond motifs is 3. The minimum Gasteiger partial charge on any atom is -0.479 e. The third-order valence-corrected chi connectivity index (χ3v) is 5.35. The molecule has 6 atom stereocenters. The molecule has 2 bridgehead atoms. The van der Waals surface area contributed by atoms with E-state index in [2.05, 4.69) is 0 Å². The number of hydrogen-bond donors (Lipinski definition) is 2. The van der Waals surface area contributed by atoms with Crippen molar-refractivity contribution in [1.29, 1.82) is 0 Å². The molecule has 0 amide bonds. The molecule has 3 aliphatic heterocycles. The molecule has 1 aliphatic carbocycles. The minimum absolute atomic E-state index is 0.195. The second kappa shape index (κ2) is 4.38. The number of aliphatic carboxylic acids is 1. The topological polar surface area (TPSA) is 93.1 Å². The summed E-state index contributed by atoms with van der Waals surface area (Å²) in [7, 11) is 0. The van der Waals surface area contributed by atoms with E-state index < -0.39 is 35.3 Å². The van der Waals surface area contributed by atoms with Gasteiger partial charge in [0.15, 0.2) is 6.10 Å². The SMILES string of the molecule is CC1=CC[C@@]2(C)[C@@H](O)[C@H]3[C@@H](C(=O)O)O[C@]2(OC[C@@H]3C)C1=O. The summed E-state index contributed by atoms with van der Waals surface area (Å²) in [6.07, 6.45) is -0.0232. The maximum Gasteiger partial charge on any atom is 0.333 e. The first-order valence-corrected chi connectivity index (χ1v) is 7.19. The summed E-state index contributed by atoms with van der Waals surface area (Å²) in [4.78, 5) is 24.2. The predicted molar refractivity (Wildman–Crippen MR) is 71.3 cm³/mol. The Balaban J connectivity index is 2.20. The fourth-order valence-electron chi connectivity index (χ4n) is 3.91. The molecular weight excluding hydrogens is 276 g/mol. The van der Waals surface area contributed by atoms with Gasteiger partial charge in [0, 0.05) is 5.92 Å². The molecule has 21 heavy (non-hydrogen) atoms. The molecule has 4 aliphatic rings. The molecule has 4 rings (SSSR count). The van der Waals surface area contributed by atoms with Crippen molar-refractivity contribution in [2.24, 2.45) is 17.3 Å². The van der Waals surface area contributed by atoms with E-state index in [4.69, 9.17) is 9.47 Å². The number of ketones is 1. The number of Topliss-reactive ketones (excluding diaryl/α,β-unsaturated/α-hetero) is 1. The van der Waals surface area contributed by atoms with Gasteiger partial charge in [0.05, 0.1) is 18.1 Å². The normalized spacial score (nSPS) is 49.3. The van der Waals surface area contributed by atoms with Crippen LogP contribution >= 0.6 is 0 Å². The van der Waals surface area contributed by atoms with Crippen LogP contribution in [0.5, 0.6) is 0 Å². The Hall–Kier alpha value is -1.24. The van der Waals surface area contributed by atoms with Crippen LogP contribution < -0.4 is 0 Å². The molecule has 0 saturated carbocycles. The predicted octanol–water partition coefficient (Wildman–Crippen LogP) is 0.735. The van der Waals surface area contributed by atoms with Gasteiger partial charge in [-0.25, -0.2) is 4.79 Å². The summed E-state index contributed by atoms with van der Waals surface area (Å²) < 4.78 is 11.5. The van der Waals surface area contributed by atoms with Gasteiger partial charge in [0.25, 0.3) is 0 Å². The molecule has 2 N–H and O–H groups in total. The third kappa shape index (κ3) is 1.64. The molecule has 6 heteroatoms. The van der Waals surface area contributed by atoms with E-state index in [1.807, 2.05) is 6.92 Å². The fraction of sp³-hybridized carbons (Fsp3) is 0.733. The van der Waals surface area contributed by atoms with Crippen molar-refractivity contribution in [3.8, 4) is 0 Å². The summed E-state index contributed by atoms with van der Waals surface area (Å²) in [5.41, 5.74) is -0.484. The van der Waals surface area contributed by atoms with Crippen LogP contribution in [-0.2, 0) is 19.1 Å². The third-order valence-electron chi connectivity index (χ3n) is 5.35. The Morgan fingerprint density at radius 3 is 2.76 bits per heavy atom. The molecule has 0 radical (unpaired) electrons. The van der Waals surface area contributed by atoms with Crippen LogP contribution in [0.4, 0.5) is 0 Å². The average molecular weight is 296 g/mol. The van der Waals surface area contributed by atoms with Gasteiger partial charge in [-0.05, 0) is 24.8 Å². The number of allylic oxidation sites excluding steroid dienone is 1. The Kier molecular flexibility index (Phi) is 3.06. The summed E-state index contributed by atoms with van der Waals surface area (Å²) in [5, 5.41) is 20.2. The number of rotatable bonds is 1. The van der Waals surface area contributed by atoms with Gasteiger partial charge in [-0.1, -0.05) is 19.9 Å². The average Bonchev–Trinajstić information content (AvgIpc) is 2.63. The first-order chi connectivity index (χ1) is 9.74. The molecule has 0 aromatic rings. The van der Waals surface area contributed by atoms with E-state index in [-0.39, 0.29) is 18.3 Å². The van der Waals surface area contributed by atoms with Crippen LogP contribution in [0.15, 0.2) is 11.6 Å². The van der Waals surface area contributed by atoms with Gasteiger partial charge in [-0.3, -0.25) is 4.79 Å². The van der Waals surface area contributed by atoms with Crippen molar-refractivity contribution < 1.29 is 29.3 Å². The Morgan fingerprint density at radius 1 is 1.48 bits per heavy atom. The zero-order valence-electron chi connectivity index (χ0n) is 12.3. The maximum atomic E-state index is 12.7. The number of carbonyl (C=O) groups is 2. The molecule has 6 nitrogen and oxygen atoms in total. The number of aliphatic hydroxyl groups is 1. The highest BCUT2D eigenvalue weighted by atomic mass is 16.7. The summed E-state index contributed by atoms with van der Waals surface area (Å²) >= 11 is 0. The lowest BCUT2D eigenvalue weighted by atomic mass is 9.60. The first kappa shape index (κ1) is 14.7.